The fraction of sp³-hybridized carbons (Fsp3) is 0.360. The average molecular weight is 411 g/mol. The van der Waals surface area contributed by atoms with E-state index >= 15 is 0 Å². The molecule has 0 aliphatic heterocycles. The van der Waals surface area contributed by atoms with Gasteiger partial charge in [0.2, 0.25) is 0 Å². The van der Waals surface area contributed by atoms with Gasteiger partial charge in [0.25, 0.3) is 8.32 Å². The van der Waals surface area contributed by atoms with Crippen molar-refractivity contribution in [3.63, 3.8) is 0 Å². The summed E-state index contributed by atoms with van der Waals surface area (Å²) >= 11 is 0. The maximum absolute atomic E-state index is 14.8. The first-order chi connectivity index (χ1) is 13.8. The molecule has 2 atom stereocenters. The fourth-order valence-electron chi connectivity index (χ4n) is 4.33. The molecule has 0 spiro atoms. The normalized spacial score (nSPS) is 22.1. The largest absolute Gasteiger partial charge is 0.400 e. The number of halogens is 1. The van der Waals surface area contributed by atoms with E-state index in [2.05, 4.69) is 51.6 Å². The van der Waals surface area contributed by atoms with E-state index in [1.807, 2.05) is 36.4 Å². The van der Waals surface area contributed by atoms with Crippen LogP contribution in [0.5, 0.6) is 0 Å². The van der Waals surface area contributed by atoms with Crippen LogP contribution in [0.15, 0.2) is 84.5 Å². The van der Waals surface area contributed by atoms with Crippen LogP contribution in [-0.2, 0) is 4.43 Å². The highest BCUT2D eigenvalue weighted by molar-refractivity contribution is 6.99. The van der Waals surface area contributed by atoms with Crippen LogP contribution >= 0.6 is 0 Å². The van der Waals surface area contributed by atoms with Crippen molar-refractivity contribution in [3.05, 3.63) is 84.5 Å². The van der Waals surface area contributed by atoms with Gasteiger partial charge in [-0.25, -0.2) is 4.39 Å². The summed E-state index contributed by atoms with van der Waals surface area (Å²) in [6, 6.07) is 20.7. The first-order valence-electron chi connectivity index (χ1n) is 10.2. The lowest BCUT2D eigenvalue weighted by atomic mass is 9.87. The first kappa shape index (κ1) is 21.7. The first-order valence-corrected chi connectivity index (χ1v) is 12.1. The molecule has 0 bridgehead atoms. The summed E-state index contributed by atoms with van der Waals surface area (Å²) < 4.78 is 21.8. The molecule has 1 aliphatic carbocycles. The molecule has 0 unspecified atom stereocenters. The van der Waals surface area contributed by atoms with E-state index in [1.165, 1.54) is 10.4 Å². The molecule has 2 aromatic carbocycles. The zero-order valence-corrected chi connectivity index (χ0v) is 18.6. The van der Waals surface area contributed by atoms with Crippen LogP contribution in [0.1, 0.15) is 33.6 Å². The Hall–Kier alpha value is -2.01. The molecule has 0 aromatic heterocycles. The third-order valence-electron chi connectivity index (χ3n) is 5.82. The number of hydrogen-bond donors (Lipinski definition) is 1. The van der Waals surface area contributed by atoms with Crippen LogP contribution in [0.25, 0.3) is 0 Å². The van der Waals surface area contributed by atoms with Gasteiger partial charge in [-0.15, -0.1) is 0 Å². The number of benzene rings is 2. The van der Waals surface area contributed by atoms with Gasteiger partial charge in [0.1, 0.15) is 6.17 Å². The SMILES string of the molecule is C=C1[C@@H](F)C/C(=C\CO)C[C@H]1O[Si](c1ccccc1)(c1ccccc1)C(C)(C)C. The average Bonchev–Trinajstić information content (AvgIpc) is 2.70. The van der Waals surface area contributed by atoms with Gasteiger partial charge in [-0.3, -0.25) is 0 Å². The van der Waals surface area contributed by atoms with Gasteiger partial charge < -0.3 is 9.53 Å². The minimum atomic E-state index is -2.78. The zero-order chi connectivity index (χ0) is 21.1. The second-order valence-electron chi connectivity index (χ2n) is 8.77. The summed E-state index contributed by atoms with van der Waals surface area (Å²) in [5, 5.41) is 11.5. The zero-order valence-electron chi connectivity index (χ0n) is 17.6. The van der Waals surface area contributed by atoms with Gasteiger partial charge in [-0.05, 0) is 27.4 Å². The third kappa shape index (κ3) is 4.30. The lowest BCUT2D eigenvalue weighted by Gasteiger charge is -2.46. The Kier molecular flexibility index (Phi) is 6.57. The molecule has 1 aliphatic rings. The predicted octanol–water partition coefficient (Wildman–Crippen LogP) is 4.54. The van der Waals surface area contributed by atoms with Gasteiger partial charge in [0.05, 0.1) is 12.7 Å². The molecule has 0 radical (unpaired) electrons. The highest BCUT2D eigenvalue weighted by Crippen LogP contribution is 2.41. The van der Waals surface area contributed by atoms with Crippen LogP contribution < -0.4 is 10.4 Å². The molecular formula is C25H31FO2Si. The van der Waals surface area contributed by atoms with Gasteiger partial charge >= 0.3 is 0 Å². The Bertz CT molecular complexity index is 816. The summed E-state index contributed by atoms with van der Waals surface area (Å²) in [6.45, 7) is 10.6. The van der Waals surface area contributed by atoms with E-state index in [-0.39, 0.29) is 11.6 Å². The molecule has 29 heavy (non-hydrogen) atoms. The van der Waals surface area contributed by atoms with Crippen LogP contribution in [0, 0.1) is 0 Å². The minimum Gasteiger partial charge on any atom is -0.400 e. The predicted molar refractivity (Wildman–Crippen MR) is 121 cm³/mol. The molecule has 2 aromatic rings. The summed E-state index contributed by atoms with van der Waals surface area (Å²) in [7, 11) is -2.78. The maximum atomic E-state index is 14.8. The van der Waals surface area contributed by atoms with Gasteiger partial charge in [-0.1, -0.05) is 99.7 Å². The van der Waals surface area contributed by atoms with Crippen molar-refractivity contribution >= 4 is 18.7 Å². The van der Waals surface area contributed by atoms with Crippen molar-refractivity contribution in [2.45, 2.75) is 50.9 Å². The number of aliphatic hydroxyl groups excluding tert-OH is 1. The van der Waals surface area contributed by atoms with Crippen LogP contribution in [0.4, 0.5) is 4.39 Å². The summed E-state index contributed by atoms with van der Waals surface area (Å²) in [6.07, 6.45) is 1.01. The Labute approximate surface area is 174 Å². The van der Waals surface area contributed by atoms with Crippen molar-refractivity contribution in [2.24, 2.45) is 0 Å². The topological polar surface area (TPSA) is 29.5 Å². The van der Waals surface area contributed by atoms with E-state index in [1.54, 1.807) is 6.08 Å². The quantitative estimate of drug-likeness (QED) is 0.579. The molecule has 0 heterocycles. The number of rotatable bonds is 5. The third-order valence-corrected chi connectivity index (χ3v) is 10.9. The minimum absolute atomic E-state index is 0.0829. The van der Waals surface area contributed by atoms with Crippen molar-refractivity contribution in [1.29, 1.82) is 0 Å². The molecule has 1 N–H and O–H groups in total. The summed E-state index contributed by atoms with van der Waals surface area (Å²) in [4.78, 5) is 0. The highest BCUT2D eigenvalue weighted by Gasteiger charge is 2.52. The second-order valence-corrected chi connectivity index (χ2v) is 13.0. The number of hydrogen-bond acceptors (Lipinski definition) is 2. The van der Waals surface area contributed by atoms with E-state index in [0.29, 0.717) is 18.4 Å². The Balaban J connectivity index is 2.15. The van der Waals surface area contributed by atoms with Crippen molar-refractivity contribution in [2.75, 3.05) is 6.61 Å². The van der Waals surface area contributed by atoms with E-state index in [0.717, 1.165) is 5.57 Å². The maximum Gasteiger partial charge on any atom is 0.261 e. The smallest absolute Gasteiger partial charge is 0.261 e. The Morgan fingerprint density at radius 1 is 1.03 bits per heavy atom. The Morgan fingerprint density at radius 2 is 1.55 bits per heavy atom. The lowest BCUT2D eigenvalue weighted by molar-refractivity contribution is 0.177. The molecule has 3 rings (SSSR count). The van der Waals surface area contributed by atoms with E-state index < -0.39 is 20.6 Å². The molecule has 154 valence electrons. The molecule has 1 saturated carbocycles. The van der Waals surface area contributed by atoms with Crippen molar-refractivity contribution in [1.82, 2.24) is 0 Å². The molecule has 4 heteroatoms. The van der Waals surface area contributed by atoms with Crippen molar-refractivity contribution < 1.29 is 13.9 Å². The number of alkyl halides is 1. The molecule has 1 fully saturated rings. The molecule has 0 saturated heterocycles. The van der Waals surface area contributed by atoms with E-state index in [4.69, 9.17) is 4.43 Å². The standard InChI is InChI=1S/C25H31FO2Si/c1-19-23(26)17-20(15-16-27)18-24(19)28-29(25(2,3)4,21-11-7-5-8-12-21)22-13-9-6-10-14-22/h5-15,23-24,27H,1,16-18H2,2-4H3/b20-15+/t23-,24+/m0/s1. The van der Waals surface area contributed by atoms with Gasteiger partial charge in [0.15, 0.2) is 0 Å². The van der Waals surface area contributed by atoms with Crippen molar-refractivity contribution in [3.8, 4) is 0 Å². The Morgan fingerprint density at radius 3 is 2.00 bits per heavy atom. The van der Waals surface area contributed by atoms with E-state index in [9.17, 15) is 9.50 Å². The molecular weight excluding hydrogens is 379 g/mol. The second kappa shape index (κ2) is 8.78. The van der Waals surface area contributed by atoms with Gasteiger partial charge in [-0.2, -0.15) is 0 Å². The van der Waals surface area contributed by atoms with Crippen LogP contribution in [0.3, 0.4) is 0 Å². The van der Waals surface area contributed by atoms with Crippen LogP contribution in [0.2, 0.25) is 5.04 Å². The summed E-state index contributed by atoms with van der Waals surface area (Å²) in [5.41, 5.74) is 1.41. The molecule has 0 amide bonds. The number of aliphatic hydroxyl groups is 1. The fourth-order valence-corrected chi connectivity index (χ4v) is 9.01. The summed E-state index contributed by atoms with van der Waals surface area (Å²) in [5.74, 6) is 0. The van der Waals surface area contributed by atoms with Crippen LogP contribution in [-0.4, -0.2) is 32.3 Å². The lowest BCUT2D eigenvalue weighted by Crippen LogP contribution is -2.68. The highest BCUT2D eigenvalue weighted by atomic mass is 28.4. The van der Waals surface area contributed by atoms with Gasteiger partial charge in [0, 0.05) is 6.42 Å². The molecule has 2 nitrogen and oxygen atoms in total. The monoisotopic (exact) mass is 410 g/mol.